The van der Waals surface area contributed by atoms with Crippen molar-refractivity contribution in [1.82, 2.24) is 9.80 Å². The fourth-order valence-electron chi connectivity index (χ4n) is 2.34. The monoisotopic (exact) mass is 320 g/mol. The van der Waals surface area contributed by atoms with Crippen molar-refractivity contribution in [2.24, 2.45) is 0 Å². The fraction of sp³-hybridized carbons (Fsp3) is 0.579. The third-order valence-electron chi connectivity index (χ3n) is 3.71. The van der Waals surface area contributed by atoms with E-state index in [1.165, 1.54) is 16.7 Å². The maximum Gasteiger partial charge on any atom is 0.189 e. The van der Waals surface area contributed by atoms with E-state index in [0.717, 1.165) is 25.3 Å². The van der Waals surface area contributed by atoms with Gasteiger partial charge in [-0.1, -0.05) is 18.2 Å². The number of hydrogen-bond acceptors (Lipinski definition) is 4. The Morgan fingerprint density at radius 2 is 1.78 bits per heavy atom. The van der Waals surface area contributed by atoms with Gasteiger partial charge in [-0.05, 0) is 65.7 Å². The molecule has 0 aliphatic rings. The number of likely N-dealkylation sites (N-methyl/N-ethyl adjacent to an activating group) is 1. The van der Waals surface area contributed by atoms with Crippen molar-refractivity contribution in [3.8, 4) is 5.75 Å². The van der Waals surface area contributed by atoms with E-state index in [4.69, 9.17) is 9.47 Å². The lowest BCUT2D eigenvalue weighted by molar-refractivity contribution is 0.00943. The Bertz CT molecular complexity index is 496. The number of ether oxygens (including phenoxy) is 2. The van der Waals surface area contributed by atoms with Crippen LogP contribution in [0.3, 0.4) is 0 Å². The van der Waals surface area contributed by atoms with E-state index in [1.54, 1.807) is 0 Å². The summed E-state index contributed by atoms with van der Waals surface area (Å²) in [6.07, 6.45) is 3.19. The van der Waals surface area contributed by atoms with Gasteiger partial charge >= 0.3 is 0 Å². The van der Waals surface area contributed by atoms with Gasteiger partial charge in [0.05, 0.1) is 6.61 Å². The van der Waals surface area contributed by atoms with Gasteiger partial charge in [-0.15, -0.1) is 0 Å². The van der Waals surface area contributed by atoms with Gasteiger partial charge in [0.25, 0.3) is 0 Å². The Morgan fingerprint density at radius 1 is 1.09 bits per heavy atom. The number of nitrogens with zero attached hydrogens (tertiary/aromatic N) is 2. The van der Waals surface area contributed by atoms with Crippen molar-refractivity contribution < 1.29 is 9.47 Å². The van der Waals surface area contributed by atoms with Crippen molar-refractivity contribution in [3.05, 3.63) is 35.4 Å². The molecule has 0 saturated heterocycles. The molecule has 130 valence electrons. The molecule has 0 amide bonds. The van der Waals surface area contributed by atoms with Crippen molar-refractivity contribution in [1.29, 1.82) is 0 Å². The van der Waals surface area contributed by atoms with E-state index in [0.29, 0.717) is 6.61 Å². The van der Waals surface area contributed by atoms with E-state index in [-0.39, 0.29) is 6.79 Å². The zero-order chi connectivity index (χ0) is 17.2. The summed E-state index contributed by atoms with van der Waals surface area (Å²) in [5.41, 5.74) is 3.76. The number of rotatable bonds is 10. The first-order chi connectivity index (χ1) is 11.0. The minimum Gasteiger partial charge on any atom is -0.467 e. The summed E-state index contributed by atoms with van der Waals surface area (Å²) in [5.74, 6) is 0.904. The van der Waals surface area contributed by atoms with Crippen LogP contribution in [0, 0.1) is 6.92 Å². The Kier molecular flexibility index (Phi) is 8.92. The molecule has 0 bridgehead atoms. The number of aryl methyl sites for hydroxylation is 1. The summed E-state index contributed by atoms with van der Waals surface area (Å²) >= 11 is 0. The van der Waals surface area contributed by atoms with Gasteiger partial charge in [-0.3, -0.25) is 0 Å². The maximum absolute atomic E-state index is 5.89. The van der Waals surface area contributed by atoms with Crippen LogP contribution in [0.15, 0.2) is 24.3 Å². The van der Waals surface area contributed by atoms with Crippen LogP contribution in [0.25, 0.3) is 5.57 Å². The summed E-state index contributed by atoms with van der Waals surface area (Å²) in [5, 5.41) is 0. The lowest BCUT2D eigenvalue weighted by Crippen LogP contribution is -2.19. The van der Waals surface area contributed by atoms with Crippen LogP contribution in [-0.4, -0.2) is 64.5 Å². The van der Waals surface area contributed by atoms with E-state index in [2.05, 4.69) is 49.9 Å². The predicted molar refractivity (Wildman–Crippen MR) is 98.0 cm³/mol. The molecule has 0 fully saturated rings. The van der Waals surface area contributed by atoms with Crippen molar-refractivity contribution in [2.45, 2.75) is 20.3 Å². The zero-order valence-corrected chi connectivity index (χ0v) is 15.6. The number of hydrogen-bond donors (Lipinski definition) is 0. The van der Waals surface area contributed by atoms with Crippen molar-refractivity contribution >= 4 is 5.57 Å². The fourth-order valence-corrected chi connectivity index (χ4v) is 2.34. The molecular formula is C19H32N2O2. The second-order valence-corrected chi connectivity index (χ2v) is 6.29. The summed E-state index contributed by atoms with van der Waals surface area (Å²) in [4.78, 5) is 4.30. The number of benzene rings is 1. The standard InChI is InChI=1S/C19H32N2O2/c1-7-17(11-12-20(3)4)19-16(2)9-8-10-18(19)23-15-22-14-13-21(5)6/h7-10H,11-15H2,1-6H3/b17-7-. The normalized spacial score (nSPS) is 12.3. The molecular weight excluding hydrogens is 288 g/mol. The maximum atomic E-state index is 5.89. The van der Waals surface area contributed by atoms with Gasteiger partial charge in [-0.2, -0.15) is 0 Å². The van der Waals surface area contributed by atoms with Crippen LogP contribution < -0.4 is 4.74 Å². The highest BCUT2D eigenvalue weighted by molar-refractivity contribution is 5.73. The SMILES string of the molecule is C/C=C(/CCN(C)C)c1c(C)cccc1OCOCCN(C)C. The molecule has 0 radical (unpaired) electrons. The molecule has 0 spiro atoms. The molecule has 0 unspecified atom stereocenters. The summed E-state index contributed by atoms with van der Waals surface area (Å²) < 4.78 is 11.5. The van der Waals surface area contributed by atoms with Gasteiger partial charge in [0.15, 0.2) is 6.79 Å². The Balaban J connectivity index is 2.74. The molecule has 4 nitrogen and oxygen atoms in total. The first-order valence-electron chi connectivity index (χ1n) is 8.21. The molecule has 0 saturated carbocycles. The lowest BCUT2D eigenvalue weighted by Gasteiger charge is -2.18. The molecule has 23 heavy (non-hydrogen) atoms. The van der Waals surface area contributed by atoms with Crippen molar-refractivity contribution in [2.75, 3.05) is 54.7 Å². The highest BCUT2D eigenvalue weighted by Crippen LogP contribution is 2.31. The first kappa shape index (κ1) is 19.7. The minimum absolute atomic E-state index is 0.287. The van der Waals surface area contributed by atoms with Gasteiger partial charge in [-0.25, -0.2) is 0 Å². The van der Waals surface area contributed by atoms with Crippen LogP contribution in [0.4, 0.5) is 0 Å². The van der Waals surface area contributed by atoms with Crippen LogP contribution in [0.2, 0.25) is 0 Å². The van der Waals surface area contributed by atoms with Gasteiger partial charge in [0.2, 0.25) is 0 Å². The molecule has 0 N–H and O–H groups in total. The summed E-state index contributed by atoms with van der Waals surface area (Å²) in [7, 11) is 8.26. The largest absolute Gasteiger partial charge is 0.467 e. The zero-order valence-electron chi connectivity index (χ0n) is 15.6. The molecule has 1 rings (SSSR count). The Morgan fingerprint density at radius 3 is 2.39 bits per heavy atom. The molecule has 0 aliphatic heterocycles. The molecule has 0 heterocycles. The van der Waals surface area contributed by atoms with E-state index in [1.807, 2.05) is 26.2 Å². The average molecular weight is 320 g/mol. The molecule has 1 aromatic rings. The molecule has 4 heteroatoms. The smallest absolute Gasteiger partial charge is 0.189 e. The quantitative estimate of drug-likeness (QED) is 0.488. The average Bonchev–Trinajstić information content (AvgIpc) is 2.48. The Hall–Kier alpha value is -1.36. The third kappa shape index (κ3) is 7.16. The number of allylic oxidation sites excluding steroid dienone is 1. The summed E-state index contributed by atoms with van der Waals surface area (Å²) in [6, 6.07) is 6.19. The lowest BCUT2D eigenvalue weighted by atomic mass is 9.96. The third-order valence-corrected chi connectivity index (χ3v) is 3.71. The van der Waals surface area contributed by atoms with Crippen LogP contribution in [-0.2, 0) is 4.74 Å². The topological polar surface area (TPSA) is 24.9 Å². The van der Waals surface area contributed by atoms with E-state index in [9.17, 15) is 0 Å². The van der Waals surface area contributed by atoms with Crippen LogP contribution in [0.1, 0.15) is 24.5 Å². The minimum atomic E-state index is 0.287. The Labute approximate surface area is 141 Å². The van der Waals surface area contributed by atoms with E-state index >= 15 is 0 Å². The van der Waals surface area contributed by atoms with Gasteiger partial charge < -0.3 is 19.3 Å². The van der Waals surface area contributed by atoms with Crippen molar-refractivity contribution in [3.63, 3.8) is 0 Å². The van der Waals surface area contributed by atoms with Crippen LogP contribution >= 0.6 is 0 Å². The molecule has 0 aromatic heterocycles. The second-order valence-electron chi connectivity index (χ2n) is 6.29. The highest BCUT2D eigenvalue weighted by Gasteiger charge is 2.12. The van der Waals surface area contributed by atoms with E-state index < -0.39 is 0 Å². The molecule has 0 aliphatic carbocycles. The van der Waals surface area contributed by atoms with Crippen LogP contribution in [0.5, 0.6) is 5.75 Å². The summed E-state index contributed by atoms with van der Waals surface area (Å²) in [6.45, 7) is 7.10. The first-order valence-corrected chi connectivity index (χ1v) is 8.21. The highest BCUT2D eigenvalue weighted by atomic mass is 16.7. The van der Waals surface area contributed by atoms with Gasteiger partial charge in [0.1, 0.15) is 5.75 Å². The molecule has 0 atom stereocenters. The molecule has 1 aromatic carbocycles. The predicted octanol–water partition coefficient (Wildman–Crippen LogP) is 3.26. The second kappa shape index (κ2) is 10.4. The van der Waals surface area contributed by atoms with Gasteiger partial charge in [0, 0.05) is 18.7 Å².